The molecule has 1 aromatic carbocycles. The number of hydrogen-bond acceptors (Lipinski definition) is 3. The average molecular weight is 187 g/mol. The van der Waals surface area contributed by atoms with Crippen LogP contribution in [0.5, 0.6) is 5.75 Å². The number of nitrogens with one attached hydrogen (secondary N) is 1. The van der Waals surface area contributed by atoms with Gasteiger partial charge >= 0.3 is 0 Å². The molecule has 0 aliphatic carbocycles. The van der Waals surface area contributed by atoms with E-state index in [1.807, 2.05) is 22.9 Å². The van der Waals surface area contributed by atoms with E-state index in [0.29, 0.717) is 0 Å². The molecule has 4 nitrogen and oxygen atoms in total. The van der Waals surface area contributed by atoms with Gasteiger partial charge in [0.2, 0.25) is 5.95 Å². The summed E-state index contributed by atoms with van der Waals surface area (Å²) in [6.07, 6.45) is 3.65. The minimum absolute atomic E-state index is 0.275. The number of phenols is 1. The second-order valence-corrected chi connectivity index (χ2v) is 3.32. The largest absolute Gasteiger partial charge is 0.506 e. The molecule has 0 radical (unpaired) electrons. The van der Waals surface area contributed by atoms with Crippen LogP contribution in [-0.4, -0.2) is 14.7 Å². The zero-order chi connectivity index (χ0) is 9.54. The van der Waals surface area contributed by atoms with Gasteiger partial charge in [0, 0.05) is 12.4 Å². The number of aromatic nitrogens is 2. The molecule has 0 spiro atoms. The quantitative estimate of drug-likeness (QED) is 0.526. The van der Waals surface area contributed by atoms with E-state index in [1.54, 1.807) is 12.3 Å². The van der Waals surface area contributed by atoms with Crippen LogP contribution in [0.1, 0.15) is 5.56 Å². The van der Waals surface area contributed by atoms with E-state index in [-0.39, 0.29) is 5.75 Å². The SMILES string of the molecule is Oc1cccc2c1Nc1nccn1C2. The summed E-state index contributed by atoms with van der Waals surface area (Å²) in [5.41, 5.74) is 1.85. The number of hydrogen-bond donors (Lipinski definition) is 2. The molecule has 0 unspecified atom stereocenters. The van der Waals surface area contributed by atoms with Gasteiger partial charge in [0.25, 0.3) is 0 Å². The number of benzene rings is 1. The van der Waals surface area contributed by atoms with Crippen molar-refractivity contribution in [2.45, 2.75) is 6.54 Å². The first-order chi connectivity index (χ1) is 6.84. The van der Waals surface area contributed by atoms with Gasteiger partial charge in [-0.3, -0.25) is 0 Å². The molecular weight excluding hydrogens is 178 g/mol. The van der Waals surface area contributed by atoms with E-state index in [0.717, 1.165) is 23.7 Å². The molecule has 1 aromatic heterocycles. The summed E-state index contributed by atoms with van der Waals surface area (Å²) < 4.78 is 2.00. The number of para-hydroxylation sites is 1. The third-order valence-electron chi connectivity index (χ3n) is 2.42. The van der Waals surface area contributed by atoms with Gasteiger partial charge < -0.3 is 15.0 Å². The Hall–Kier alpha value is -1.97. The number of anilines is 2. The Balaban J connectivity index is 2.17. The molecule has 2 N–H and O–H groups in total. The maximum Gasteiger partial charge on any atom is 0.207 e. The number of rotatable bonds is 0. The maximum atomic E-state index is 9.62. The van der Waals surface area contributed by atoms with Crippen LogP contribution >= 0.6 is 0 Å². The van der Waals surface area contributed by atoms with Gasteiger partial charge in [-0.25, -0.2) is 4.98 Å². The molecule has 0 saturated carbocycles. The molecule has 1 aliphatic rings. The molecule has 1 aliphatic heterocycles. The van der Waals surface area contributed by atoms with E-state index in [1.165, 1.54) is 0 Å². The predicted molar refractivity (Wildman–Crippen MR) is 52.7 cm³/mol. The Kier molecular flexibility index (Phi) is 1.33. The molecule has 4 heteroatoms. The first kappa shape index (κ1) is 7.44. The molecule has 0 bridgehead atoms. The van der Waals surface area contributed by atoms with E-state index < -0.39 is 0 Å². The van der Waals surface area contributed by atoms with Crippen molar-refractivity contribution in [1.29, 1.82) is 0 Å². The monoisotopic (exact) mass is 187 g/mol. The highest BCUT2D eigenvalue weighted by Crippen LogP contribution is 2.33. The molecule has 2 aromatic rings. The lowest BCUT2D eigenvalue weighted by atomic mass is 10.1. The zero-order valence-electron chi connectivity index (χ0n) is 7.44. The smallest absolute Gasteiger partial charge is 0.207 e. The van der Waals surface area contributed by atoms with Crippen LogP contribution in [0.4, 0.5) is 11.6 Å². The van der Waals surface area contributed by atoms with Crippen molar-refractivity contribution in [3.63, 3.8) is 0 Å². The van der Waals surface area contributed by atoms with Crippen LogP contribution in [0.25, 0.3) is 0 Å². The van der Waals surface area contributed by atoms with E-state index in [4.69, 9.17) is 0 Å². The Morgan fingerprint density at radius 1 is 1.43 bits per heavy atom. The van der Waals surface area contributed by atoms with Crippen LogP contribution < -0.4 is 5.32 Å². The summed E-state index contributed by atoms with van der Waals surface area (Å²) in [5.74, 6) is 1.05. The highest BCUT2D eigenvalue weighted by molar-refractivity contribution is 5.68. The number of aromatic hydroxyl groups is 1. The van der Waals surface area contributed by atoms with Gasteiger partial charge in [0.1, 0.15) is 5.75 Å². The Labute approximate surface area is 80.8 Å². The number of phenolic OH excluding ortho intramolecular Hbond substituents is 1. The summed E-state index contributed by atoms with van der Waals surface area (Å²) >= 11 is 0. The normalized spacial score (nSPS) is 12.9. The average Bonchev–Trinajstić information content (AvgIpc) is 2.62. The fraction of sp³-hybridized carbons (Fsp3) is 0.100. The summed E-state index contributed by atoms with van der Waals surface area (Å²) in [4.78, 5) is 4.14. The summed E-state index contributed by atoms with van der Waals surface area (Å²) in [7, 11) is 0. The second-order valence-electron chi connectivity index (χ2n) is 3.32. The number of imidazole rings is 1. The number of fused-ring (bicyclic) bond motifs is 2. The highest BCUT2D eigenvalue weighted by Gasteiger charge is 2.16. The van der Waals surface area contributed by atoms with E-state index in [2.05, 4.69) is 10.3 Å². The van der Waals surface area contributed by atoms with Gasteiger partial charge in [-0.2, -0.15) is 0 Å². The summed E-state index contributed by atoms with van der Waals surface area (Å²) in [6.45, 7) is 0.756. The van der Waals surface area contributed by atoms with Crippen molar-refractivity contribution in [3.8, 4) is 5.75 Å². The topological polar surface area (TPSA) is 50.1 Å². The van der Waals surface area contributed by atoms with Crippen molar-refractivity contribution in [3.05, 3.63) is 36.2 Å². The van der Waals surface area contributed by atoms with Gasteiger partial charge in [0.15, 0.2) is 0 Å². The fourth-order valence-corrected chi connectivity index (χ4v) is 1.72. The highest BCUT2D eigenvalue weighted by atomic mass is 16.3. The molecule has 0 saturated heterocycles. The summed E-state index contributed by atoms with van der Waals surface area (Å²) in [6, 6.07) is 5.51. The Bertz CT molecular complexity index is 490. The van der Waals surface area contributed by atoms with Gasteiger partial charge in [-0.15, -0.1) is 0 Å². The minimum atomic E-state index is 0.275. The lowest BCUT2D eigenvalue weighted by Crippen LogP contribution is -2.12. The predicted octanol–water partition coefficient (Wildman–Crippen LogP) is 1.69. The van der Waals surface area contributed by atoms with Crippen LogP contribution in [0.2, 0.25) is 0 Å². The van der Waals surface area contributed by atoms with Crippen LogP contribution in [0, 0.1) is 0 Å². The van der Waals surface area contributed by atoms with Crippen molar-refractivity contribution in [2.24, 2.45) is 0 Å². The lowest BCUT2D eigenvalue weighted by Gasteiger charge is -2.20. The van der Waals surface area contributed by atoms with Crippen LogP contribution in [-0.2, 0) is 6.54 Å². The van der Waals surface area contributed by atoms with Gasteiger partial charge in [0.05, 0.1) is 12.2 Å². The first-order valence-corrected chi connectivity index (χ1v) is 4.43. The van der Waals surface area contributed by atoms with Crippen molar-refractivity contribution in [1.82, 2.24) is 9.55 Å². The van der Waals surface area contributed by atoms with Crippen molar-refractivity contribution >= 4 is 11.6 Å². The van der Waals surface area contributed by atoms with Crippen LogP contribution in [0.15, 0.2) is 30.6 Å². The third kappa shape index (κ3) is 0.907. The van der Waals surface area contributed by atoms with E-state index in [9.17, 15) is 5.11 Å². The second kappa shape index (κ2) is 2.51. The van der Waals surface area contributed by atoms with E-state index >= 15 is 0 Å². The molecule has 0 atom stereocenters. The van der Waals surface area contributed by atoms with Gasteiger partial charge in [-0.1, -0.05) is 12.1 Å². The molecule has 70 valence electrons. The first-order valence-electron chi connectivity index (χ1n) is 4.43. The lowest BCUT2D eigenvalue weighted by molar-refractivity contribution is 0.476. The Morgan fingerprint density at radius 2 is 2.36 bits per heavy atom. The maximum absolute atomic E-state index is 9.62. The van der Waals surface area contributed by atoms with Gasteiger partial charge in [-0.05, 0) is 11.6 Å². The minimum Gasteiger partial charge on any atom is -0.506 e. The molecule has 2 heterocycles. The zero-order valence-corrected chi connectivity index (χ0v) is 7.44. The standard InChI is InChI=1S/C10H9N3O/c14-8-3-1-2-7-6-13-5-4-11-10(13)12-9(7)8/h1-5,14H,6H2,(H,11,12). The fourth-order valence-electron chi connectivity index (χ4n) is 1.72. The van der Waals surface area contributed by atoms with Crippen LogP contribution in [0.3, 0.4) is 0 Å². The van der Waals surface area contributed by atoms with Crippen molar-refractivity contribution < 1.29 is 5.11 Å². The molecule has 14 heavy (non-hydrogen) atoms. The van der Waals surface area contributed by atoms with Crippen molar-refractivity contribution in [2.75, 3.05) is 5.32 Å². The Morgan fingerprint density at radius 3 is 3.29 bits per heavy atom. The summed E-state index contributed by atoms with van der Waals surface area (Å²) in [5, 5.41) is 12.7. The third-order valence-corrected chi connectivity index (χ3v) is 2.42. The molecular formula is C10H9N3O. The molecule has 0 amide bonds. The molecule has 0 fully saturated rings. The molecule has 3 rings (SSSR count). The number of nitrogens with zero attached hydrogens (tertiary/aromatic N) is 2.